The average Bonchev–Trinajstić information content (AvgIpc) is 3.17. The molecule has 1 saturated heterocycles. The molecule has 0 spiro atoms. The van der Waals surface area contributed by atoms with Gasteiger partial charge in [-0.05, 0) is 18.4 Å². The van der Waals surface area contributed by atoms with Gasteiger partial charge in [-0.1, -0.05) is 36.8 Å². The summed E-state index contributed by atoms with van der Waals surface area (Å²) < 4.78 is 2.21. The lowest BCUT2D eigenvalue weighted by atomic mass is 10.1. The van der Waals surface area contributed by atoms with Gasteiger partial charge in [-0.3, -0.25) is 9.59 Å². The Morgan fingerprint density at radius 2 is 2.00 bits per heavy atom. The van der Waals surface area contributed by atoms with Crippen LogP contribution >= 0.6 is 0 Å². The molecule has 0 unspecified atom stereocenters. The lowest BCUT2D eigenvalue weighted by molar-refractivity contribution is -0.129. The third-order valence-corrected chi connectivity index (χ3v) is 5.64. The number of carbonyl (C=O) groups excluding carboxylic acids is 2. The summed E-state index contributed by atoms with van der Waals surface area (Å²) >= 11 is 0. The molecule has 7 heteroatoms. The predicted molar refractivity (Wildman–Crippen MR) is 104 cm³/mol. The zero-order valence-corrected chi connectivity index (χ0v) is 16.1. The fourth-order valence-electron chi connectivity index (χ4n) is 4.08. The second kappa shape index (κ2) is 8.54. The average molecular weight is 381 g/mol. The minimum absolute atomic E-state index is 0.0421. The van der Waals surface area contributed by atoms with Gasteiger partial charge in [-0.25, -0.2) is 0 Å². The van der Waals surface area contributed by atoms with Gasteiger partial charge in [0.1, 0.15) is 11.6 Å². The number of hydrogen-bond acceptors (Lipinski definition) is 4. The van der Waals surface area contributed by atoms with Crippen LogP contribution in [0.25, 0.3) is 0 Å². The van der Waals surface area contributed by atoms with Crippen LogP contribution in [0.4, 0.5) is 0 Å². The molecule has 1 aromatic carbocycles. The van der Waals surface area contributed by atoms with Gasteiger partial charge in [0.05, 0.1) is 5.92 Å². The monoisotopic (exact) mass is 381 g/mol. The molecule has 0 aliphatic carbocycles. The van der Waals surface area contributed by atoms with Crippen molar-refractivity contribution in [2.45, 2.75) is 51.6 Å². The van der Waals surface area contributed by atoms with Crippen molar-refractivity contribution < 1.29 is 9.59 Å². The molecule has 148 valence electrons. The molecule has 3 heterocycles. The predicted octanol–water partition coefficient (Wildman–Crippen LogP) is 1.71. The lowest BCUT2D eigenvalue weighted by Gasteiger charge is -2.16. The van der Waals surface area contributed by atoms with Crippen molar-refractivity contribution in [3.05, 3.63) is 47.5 Å². The second-order valence-corrected chi connectivity index (χ2v) is 7.70. The van der Waals surface area contributed by atoms with Crippen LogP contribution in [-0.4, -0.2) is 44.6 Å². The van der Waals surface area contributed by atoms with E-state index in [1.165, 1.54) is 12.8 Å². The number of nitrogens with zero attached hydrogens (tertiary/aromatic N) is 4. The van der Waals surface area contributed by atoms with E-state index >= 15 is 0 Å². The van der Waals surface area contributed by atoms with Crippen LogP contribution in [0.3, 0.4) is 0 Å². The van der Waals surface area contributed by atoms with E-state index < -0.39 is 0 Å². The minimum atomic E-state index is -0.272. The van der Waals surface area contributed by atoms with Crippen molar-refractivity contribution >= 4 is 11.8 Å². The third-order valence-electron chi connectivity index (χ3n) is 5.64. The van der Waals surface area contributed by atoms with Crippen LogP contribution in [0, 0.1) is 5.92 Å². The highest BCUT2D eigenvalue weighted by molar-refractivity contribution is 5.89. The molecule has 0 radical (unpaired) electrons. The van der Waals surface area contributed by atoms with E-state index in [0.29, 0.717) is 32.5 Å². The maximum Gasteiger partial charge on any atom is 0.225 e. The summed E-state index contributed by atoms with van der Waals surface area (Å²) in [5.41, 5.74) is 1.09. The molecule has 4 rings (SSSR count). The van der Waals surface area contributed by atoms with E-state index in [9.17, 15) is 9.59 Å². The van der Waals surface area contributed by atoms with Gasteiger partial charge in [0, 0.05) is 45.4 Å². The number of hydrogen-bond donors (Lipinski definition) is 1. The van der Waals surface area contributed by atoms with Crippen LogP contribution < -0.4 is 5.32 Å². The van der Waals surface area contributed by atoms with Crippen LogP contribution in [-0.2, 0) is 35.5 Å². The highest BCUT2D eigenvalue weighted by atomic mass is 16.2. The minimum Gasteiger partial charge on any atom is -0.355 e. The molecule has 0 bridgehead atoms. The number of benzene rings is 1. The Balaban J connectivity index is 1.27. The van der Waals surface area contributed by atoms with Gasteiger partial charge in [0.2, 0.25) is 11.8 Å². The largest absolute Gasteiger partial charge is 0.355 e. The molecule has 0 saturated carbocycles. The summed E-state index contributed by atoms with van der Waals surface area (Å²) in [6.45, 7) is 2.55. The normalized spacial score (nSPS) is 19.4. The molecule has 7 nitrogen and oxygen atoms in total. The molecule has 2 aromatic rings. The fourth-order valence-corrected chi connectivity index (χ4v) is 4.08. The molecule has 1 fully saturated rings. The summed E-state index contributed by atoms with van der Waals surface area (Å²) in [6, 6.07) is 9.89. The first kappa shape index (κ1) is 18.7. The van der Waals surface area contributed by atoms with E-state index in [1.54, 1.807) is 4.90 Å². The van der Waals surface area contributed by atoms with Gasteiger partial charge in [-0.15, -0.1) is 10.2 Å². The highest BCUT2D eigenvalue weighted by Crippen LogP contribution is 2.20. The molecular weight excluding hydrogens is 354 g/mol. The van der Waals surface area contributed by atoms with Crippen molar-refractivity contribution in [3.8, 4) is 0 Å². The Morgan fingerprint density at radius 3 is 2.86 bits per heavy atom. The Bertz CT molecular complexity index is 833. The number of aromatic nitrogens is 3. The molecule has 1 atom stereocenters. The Kier molecular flexibility index (Phi) is 5.69. The van der Waals surface area contributed by atoms with Crippen molar-refractivity contribution in [1.82, 2.24) is 25.0 Å². The third kappa shape index (κ3) is 4.24. The summed E-state index contributed by atoms with van der Waals surface area (Å²) in [5, 5.41) is 11.6. The van der Waals surface area contributed by atoms with Crippen LogP contribution in [0.15, 0.2) is 30.3 Å². The van der Waals surface area contributed by atoms with Gasteiger partial charge < -0.3 is 14.8 Å². The zero-order chi connectivity index (χ0) is 19.3. The first-order valence-electron chi connectivity index (χ1n) is 10.2. The summed E-state index contributed by atoms with van der Waals surface area (Å²) in [5.74, 6) is 1.75. The number of fused-ring (bicyclic) bond motifs is 1. The van der Waals surface area contributed by atoms with Crippen LogP contribution in [0.5, 0.6) is 0 Å². The Hall–Kier alpha value is -2.70. The van der Waals surface area contributed by atoms with E-state index in [4.69, 9.17) is 0 Å². The molecule has 1 N–H and O–H groups in total. The number of aryl methyl sites for hydroxylation is 1. The zero-order valence-electron chi connectivity index (χ0n) is 16.1. The molecule has 1 aromatic heterocycles. The summed E-state index contributed by atoms with van der Waals surface area (Å²) in [7, 11) is 0. The van der Waals surface area contributed by atoms with Crippen molar-refractivity contribution in [1.29, 1.82) is 0 Å². The molecule has 2 aliphatic heterocycles. The fraction of sp³-hybridized carbons (Fsp3) is 0.524. The number of carbonyl (C=O) groups is 2. The van der Waals surface area contributed by atoms with Gasteiger partial charge in [-0.2, -0.15) is 0 Å². The summed E-state index contributed by atoms with van der Waals surface area (Å²) in [6.07, 6.45) is 5.51. The number of nitrogens with one attached hydrogen (secondary N) is 1. The van der Waals surface area contributed by atoms with E-state index in [0.717, 1.165) is 36.6 Å². The van der Waals surface area contributed by atoms with Crippen molar-refractivity contribution in [2.24, 2.45) is 5.92 Å². The quantitative estimate of drug-likeness (QED) is 0.826. The molecule has 28 heavy (non-hydrogen) atoms. The van der Waals surface area contributed by atoms with Gasteiger partial charge >= 0.3 is 0 Å². The SMILES string of the molecule is O=C(NCCc1nnc2n1CCCCC2)[C@@H]1CC(=O)N(Cc2ccccc2)C1. The first-order chi connectivity index (χ1) is 13.7. The van der Waals surface area contributed by atoms with E-state index in [-0.39, 0.29) is 17.7 Å². The molecule has 2 aliphatic rings. The topological polar surface area (TPSA) is 80.1 Å². The van der Waals surface area contributed by atoms with Crippen molar-refractivity contribution in [2.75, 3.05) is 13.1 Å². The van der Waals surface area contributed by atoms with E-state index in [2.05, 4.69) is 20.1 Å². The van der Waals surface area contributed by atoms with Crippen LogP contribution in [0.2, 0.25) is 0 Å². The lowest BCUT2D eigenvalue weighted by Crippen LogP contribution is -2.34. The second-order valence-electron chi connectivity index (χ2n) is 7.70. The van der Waals surface area contributed by atoms with E-state index in [1.807, 2.05) is 30.3 Å². The van der Waals surface area contributed by atoms with Gasteiger partial charge in [0.15, 0.2) is 0 Å². The number of likely N-dealkylation sites (tertiary alicyclic amines) is 1. The number of amides is 2. The standard InChI is InChI=1S/C21H27N5O2/c27-20-13-17(15-25(20)14-16-7-3-1-4-8-16)21(28)22-11-10-19-24-23-18-9-5-2-6-12-26(18)19/h1,3-4,7-8,17H,2,5-6,9-15H2,(H,22,28)/t17-/m1/s1. The smallest absolute Gasteiger partial charge is 0.225 e. The van der Waals surface area contributed by atoms with Crippen LogP contribution in [0.1, 0.15) is 42.9 Å². The maximum atomic E-state index is 12.5. The Morgan fingerprint density at radius 1 is 1.14 bits per heavy atom. The Labute approximate surface area is 165 Å². The van der Waals surface area contributed by atoms with Crippen molar-refractivity contribution in [3.63, 3.8) is 0 Å². The highest BCUT2D eigenvalue weighted by Gasteiger charge is 2.34. The maximum absolute atomic E-state index is 12.5. The summed E-state index contributed by atoms with van der Waals surface area (Å²) in [4.78, 5) is 26.6. The molecular formula is C21H27N5O2. The number of rotatable bonds is 6. The first-order valence-corrected chi connectivity index (χ1v) is 10.2. The van der Waals surface area contributed by atoms with Gasteiger partial charge in [0.25, 0.3) is 0 Å². The molecule has 2 amide bonds.